The maximum absolute atomic E-state index is 12.6. The van der Waals surface area contributed by atoms with Crippen LogP contribution in [-0.2, 0) is 15.6 Å². The van der Waals surface area contributed by atoms with Crippen molar-refractivity contribution in [1.82, 2.24) is 19.5 Å². The van der Waals surface area contributed by atoms with Crippen LogP contribution in [0.1, 0.15) is 33.1 Å². The minimum absolute atomic E-state index is 0.101. The van der Waals surface area contributed by atoms with E-state index in [1.54, 1.807) is 36.9 Å². The average molecular weight is 334 g/mol. The molecule has 0 saturated heterocycles. The summed E-state index contributed by atoms with van der Waals surface area (Å²) in [6.45, 7) is 4.29. The number of rotatable bonds is 4. The van der Waals surface area contributed by atoms with Gasteiger partial charge in [-0.15, -0.1) is 10.2 Å². The number of hydrogen-bond acceptors (Lipinski definition) is 4. The molecule has 0 amide bonds. The Hall–Kier alpha value is -1.73. The van der Waals surface area contributed by atoms with Gasteiger partial charge in [-0.05, 0) is 44.2 Å². The smallest absolute Gasteiger partial charge is 0.240 e. The molecular weight excluding hydrogens is 312 g/mol. The average Bonchev–Trinajstić information content (AvgIpc) is 3.02. The van der Waals surface area contributed by atoms with Gasteiger partial charge in [-0.1, -0.05) is 25.1 Å². The summed E-state index contributed by atoms with van der Waals surface area (Å²) in [4.78, 5) is 0.309. The Balaban J connectivity index is 1.81. The second kappa shape index (κ2) is 6.05. The molecule has 1 heterocycles. The van der Waals surface area contributed by atoms with Crippen molar-refractivity contribution in [3.05, 3.63) is 43.0 Å². The Morgan fingerprint density at radius 3 is 2.48 bits per heavy atom. The third-order valence-corrected chi connectivity index (χ3v) is 6.12. The summed E-state index contributed by atoms with van der Waals surface area (Å²) in [6.07, 6.45) is 5.96. The van der Waals surface area contributed by atoms with Crippen molar-refractivity contribution < 1.29 is 8.42 Å². The van der Waals surface area contributed by atoms with Crippen molar-refractivity contribution in [2.75, 3.05) is 0 Å². The minimum Gasteiger partial charge on any atom is -0.314 e. The Kier molecular flexibility index (Phi) is 4.25. The van der Waals surface area contributed by atoms with Crippen LogP contribution in [0.5, 0.6) is 0 Å². The van der Waals surface area contributed by atoms with Crippen molar-refractivity contribution in [2.24, 2.45) is 5.92 Å². The fraction of sp³-hybridized carbons (Fsp3) is 0.500. The molecule has 1 unspecified atom stereocenters. The topological polar surface area (TPSA) is 76.9 Å². The molecule has 0 radical (unpaired) electrons. The number of nitrogens with zero attached hydrogens (tertiary/aromatic N) is 3. The van der Waals surface area contributed by atoms with E-state index in [0.29, 0.717) is 10.8 Å². The van der Waals surface area contributed by atoms with Crippen LogP contribution in [0.2, 0.25) is 0 Å². The van der Waals surface area contributed by atoms with Crippen LogP contribution in [0.15, 0.2) is 47.9 Å². The van der Waals surface area contributed by atoms with E-state index in [-0.39, 0.29) is 11.6 Å². The minimum atomic E-state index is -3.49. The molecule has 23 heavy (non-hydrogen) atoms. The SMILES string of the molecule is CC1C[C@H](NS(=O)(=O)c2ccccc2)C[C@](C)(n2cnnc2)C1. The fourth-order valence-corrected chi connectivity index (χ4v) is 4.95. The Labute approximate surface area is 137 Å². The van der Waals surface area contributed by atoms with Gasteiger partial charge in [-0.25, -0.2) is 13.1 Å². The molecule has 1 aromatic carbocycles. The highest BCUT2D eigenvalue weighted by Crippen LogP contribution is 2.38. The maximum atomic E-state index is 12.6. The number of nitrogens with one attached hydrogen (secondary N) is 1. The lowest BCUT2D eigenvalue weighted by molar-refractivity contribution is 0.148. The Morgan fingerprint density at radius 1 is 1.17 bits per heavy atom. The van der Waals surface area contributed by atoms with Gasteiger partial charge in [0.2, 0.25) is 10.0 Å². The molecule has 1 saturated carbocycles. The third kappa shape index (κ3) is 3.45. The molecule has 1 N–H and O–H groups in total. The van der Waals surface area contributed by atoms with Gasteiger partial charge in [0.1, 0.15) is 12.7 Å². The predicted molar refractivity (Wildman–Crippen MR) is 87.2 cm³/mol. The lowest BCUT2D eigenvalue weighted by atomic mass is 9.75. The number of benzene rings is 1. The van der Waals surface area contributed by atoms with Crippen molar-refractivity contribution in [3.63, 3.8) is 0 Å². The van der Waals surface area contributed by atoms with Crippen LogP contribution in [0.3, 0.4) is 0 Å². The van der Waals surface area contributed by atoms with Crippen LogP contribution in [0.25, 0.3) is 0 Å². The Morgan fingerprint density at radius 2 is 1.83 bits per heavy atom. The number of hydrogen-bond donors (Lipinski definition) is 1. The van der Waals surface area contributed by atoms with Gasteiger partial charge in [0.05, 0.1) is 4.90 Å². The van der Waals surface area contributed by atoms with Gasteiger partial charge >= 0.3 is 0 Å². The highest BCUT2D eigenvalue weighted by molar-refractivity contribution is 7.89. The first-order valence-electron chi connectivity index (χ1n) is 7.81. The summed E-state index contributed by atoms with van der Waals surface area (Å²) in [5.74, 6) is 0.416. The van der Waals surface area contributed by atoms with Crippen molar-refractivity contribution in [2.45, 2.75) is 49.6 Å². The summed E-state index contributed by atoms with van der Waals surface area (Å²) < 4.78 is 30.0. The van der Waals surface area contributed by atoms with Crippen molar-refractivity contribution >= 4 is 10.0 Å². The van der Waals surface area contributed by atoms with E-state index in [9.17, 15) is 8.42 Å². The van der Waals surface area contributed by atoms with Gasteiger partial charge < -0.3 is 4.57 Å². The molecule has 0 bridgehead atoms. The molecule has 124 valence electrons. The summed E-state index contributed by atoms with van der Waals surface area (Å²) in [7, 11) is -3.49. The van der Waals surface area contributed by atoms with E-state index < -0.39 is 10.0 Å². The van der Waals surface area contributed by atoms with Crippen molar-refractivity contribution in [1.29, 1.82) is 0 Å². The quantitative estimate of drug-likeness (QED) is 0.929. The first-order chi connectivity index (χ1) is 10.9. The zero-order chi connectivity index (χ0) is 16.5. The Bertz CT molecular complexity index is 746. The second-order valence-corrected chi connectivity index (χ2v) is 8.46. The standard InChI is InChI=1S/C16H22N4O2S/c1-13-8-14(10-16(2,9-13)20-11-17-18-12-20)19-23(21,22)15-6-4-3-5-7-15/h3-7,11-14,19H,8-10H2,1-2H3/t13?,14-,16+/m0/s1. The first-order valence-corrected chi connectivity index (χ1v) is 9.30. The normalized spacial score (nSPS) is 28.6. The maximum Gasteiger partial charge on any atom is 0.240 e. The van der Waals surface area contributed by atoms with Crippen molar-refractivity contribution in [3.8, 4) is 0 Å². The highest BCUT2D eigenvalue weighted by atomic mass is 32.2. The van der Waals surface area contributed by atoms with Gasteiger partial charge in [0.25, 0.3) is 0 Å². The number of aromatic nitrogens is 3. The van der Waals surface area contributed by atoms with Gasteiger partial charge in [-0.2, -0.15) is 0 Å². The predicted octanol–water partition coefficient (Wildman–Crippen LogP) is 2.16. The third-order valence-electron chi connectivity index (χ3n) is 4.58. The summed E-state index contributed by atoms with van der Waals surface area (Å²) in [5.41, 5.74) is -0.176. The molecule has 1 aliphatic rings. The molecule has 7 heteroatoms. The number of sulfonamides is 1. The van der Waals surface area contributed by atoms with E-state index in [0.717, 1.165) is 19.3 Å². The molecular formula is C16H22N4O2S. The molecule has 0 aliphatic heterocycles. The molecule has 6 nitrogen and oxygen atoms in total. The zero-order valence-electron chi connectivity index (χ0n) is 13.4. The monoisotopic (exact) mass is 334 g/mol. The van der Waals surface area contributed by atoms with Gasteiger partial charge in [0, 0.05) is 11.6 Å². The van der Waals surface area contributed by atoms with E-state index in [4.69, 9.17) is 0 Å². The first kappa shape index (κ1) is 16.1. The van der Waals surface area contributed by atoms with Crippen LogP contribution < -0.4 is 4.72 Å². The van der Waals surface area contributed by atoms with E-state index in [1.165, 1.54) is 0 Å². The van der Waals surface area contributed by atoms with Crippen LogP contribution in [-0.4, -0.2) is 29.2 Å². The van der Waals surface area contributed by atoms with E-state index in [1.807, 2.05) is 10.6 Å². The van der Waals surface area contributed by atoms with E-state index >= 15 is 0 Å². The molecule has 1 fully saturated rings. The fourth-order valence-electron chi connectivity index (χ4n) is 3.68. The van der Waals surface area contributed by atoms with E-state index in [2.05, 4.69) is 28.8 Å². The summed E-state index contributed by atoms with van der Waals surface area (Å²) >= 11 is 0. The molecule has 2 aromatic rings. The van der Waals surface area contributed by atoms with Crippen LogP contribution in [0, 0.1) is 5.92 Å². The molecule has 1 aliphatic carbocycles. The zero-order valence-corrected chi connectivity index (χ0v) is 14.2. The molecule has 1 aromatic heterocycles. The second-order valence-electron chi connectivity index (χ2n) is 6.75. The lowest BCUT2D eigenvalue weighted by Crippen LogP contribution is -2.47. The summed E-state index contributed by atoms with van der Waals surface area (Å²) in [6, 6.07) is 8.42. The van der Waals surface area contributed by atoms with Crippen LogP contribution in [0.4, 0.5) is 0 Å². The molecule has 3 atom stereocenters. The largest absolute Gasteiger partial charge is 0.314 e. The lowest BCUT2D eigenvalue weighted by Gasteiger charge is -2.42. The van der Waals surface area contributed by atoms with Gasteiger partial charge in [0.15, 0.2) is 0 Å². The molecule has 0 spiro atoms. The van der Waals surface area contributed by atoms with Gasteiger partial charge in [-0.3, -0.25) is 0 Å². The highest BCUT2D eigenvalue weighted by Gasteiger charge is 2.38. The molecule has 3 rings (SSSR count). The summed E-state index contributed by atoms with van der Waals surface area (Å²) in [5, 5.41) is 7.78. The van der Waals surface area contributed by atoms with Crippen LogP contribution >= 0.6 is 0 Å².